The number of halogens is 3. The number of carbonyl (C=O) groups excluding carboxylic acids is 1. The van der Waals surface area contributed by atoms with Gasteiger partial charge in [-0.2, -0.15) is 13.2 Å². The minimum Gasteiger partial charge on any atom is -0.481 e. The van der Waals surface area contributed by atoms with Crippen LogP contribution in [0.1, 0.15) is 24.7 Å². The van der Waals surface area contributed by atoms with Gasteiger partial charge in [-0.05, 0) is 25.5 Å². The van der Waals surface area contributed by atoms with E-state index in [2.05, 4.69) is 20.6 Å². The molecule has 1 saturated heterocycles. The Hall–Kier alpha value is -3.21. The first-order chi connectivity index (χ1) is 13.8. The second-order valence-electron chi connectivity index (χ2n) is 6.30. The smallest absolute Gasteiger partial charge is 0.481 e. The normalized spacial score (nSPS) is 18.0. The highest BCUT2D eigenvalue weighted by molar-refractivity contribution is 5.97. The molecule has 0 bridgehead atoms. The minimum atomic E-state index is -5.08. The van der Waals surface area contributed by atoms with Crippen molar-refractivity contribution >= 4 is 17.6 Å². The van der Waals surface area contributed by atoms with Crippen molar-refractivity contribution in [2.24, 2.45) is 0 Å². The Morgan fingerprint density at radius 1 is 1.24 bits per heavy atom. The molecular weight excluding hydrogens is 393 g/mol. The van der Waals surface area contributed by atoms with E-state index in [0.717, 1.165) is 36.3 Å². The van der Waals surface area contributed by atoms with Crippen LogP contribution in [-0.4, -0.2) is 46.3 Å². The van der Waals surface area contributed by atoms with Crippen molar-refractivity contribution in [3.63, 3.8) is 0 Å². The Morgan fingerprint density at radius 2 is 1.93 bits per heavy atom. The van der Waals surface area contributed by atoms with E-state index in [1.54, 1.807) is 0 Å². The molecule has 1 fully saturated rings. The number of aliphatic carboxylic acids is 1. The second kappa shape index (κ2) is 8.43. The van der Waals surface area contributed by atoms with Gasteiger partial charge in [0.2, 0.25) is 0 Å². The SMILES string of the molecule is O=C(O)C(F)(F)F.O=C1COc2c(cccc2-c2cnc(C3CCCN3)nc2)N1. The summed E-state index contributed by atoms with van der Waals surface area (Å²) in [7, 11) is 0. The second-order valence-corrected chi connectivity index (χ2v) is 6.30. The van der Waals surface area contributed by atoms with Crippen LogP contribution in [0.4, 0.5) is 18.9 Å². The molecule has 0 radical (unpaired) electrons. The van der Waals surface area contributed by atoms with Crippen molar-refractivity contribution in [2.45, 2.75) is 25.1 Å². The molecule has 11 heteroatoms. The van der Waals surface area contributed by atoms with Crippen molar-refractivity contribution in [3.8, 4) is 16.9 Å². The van der Waals surface area contributed by atoms with E-state index < -0.39 is 12.1 Å². The number of aromatic nitrogens is 2. The van der Waals surface area contributed by atoms with Crippen LogP contribution in [0.2, 0.25) is 0 Å². The molecule has 2 aromatic rings. The minimum absolute atomic E-state index is 0.0367. The van der Waals surface area contributed by atoms with Gasteiger partial charge in [0.15, 0.2) is 12.4 Å². The van der Waals surface area contributed by atoms with Gasteiger partial charge in [-0.1, -0.05) is 12.1 Å². The van der Waals surface area contributed by atoms with Crippen LogP contribution in [0.5, 0.6) is 5.75 Å². The van der Waals surface area contributed by atoms with Crippen LogP contribution in [0, 0.1) is 0 Å². The van der Waals surface area contributed by atoms with Gasteiger partial charge in [-0.3, -0.25) is 4.79 Å². The number of alkyl halides is 3. The highest BCUT2D eigenvalue weighted by Gasteiger charge is 2.38. The first-order valence-electron chi connectivity index (χ1n) is 8.67. The highest BCUT2D eigenvalue weighted by atomic mass is 19.4. The number of amides is 1. The van der Waals surface area contributed by atoms with E-state index in [1.807, 2.05) is 30.6 Å². The van der Waals surface area contributed by atoms with Crippen LogP contribution in [0.15, 0.2) is 30.6 Å². The van der Waals surface area contributed by atoms with Crippen LogP contribution < -0.4 is 15.4 Å². The number of carbonyl (C=O) groups is 2. The Labute approximate surface area is 163 Å². The summed E-state index contributed by atoms with van der Waals surface area (Å²) in [5.74, 6) is -1.38. The van der Waals surface area contributed by atoms with Gasteiger partial charge in [-0.25, -0.2) is 14.8 Å². The first-order valence-corrected chi connectivity index (χ1v) is 8.67. The number of benzene rings is 1. The number of hydrogen-bond donors (Lipinski definition) is 3. The standard InChI is InChI=1S/C16H16N4O2.C2HF3O2/c21-14-9-22-15-11(3-1-4-12(15)20-14)10-7-18-16(19-8-10)13-5-2-6-17-13;3-2(4,5)1(6)7/h1,3-4,7-8,13,17H,2,5-6,9H2,(H,20,21);(H,6,7). The molecule has 4 rings (SSSR count). The molecule has 1 aromatic carbocycles. The fourth-order valence-corrected chi connectivity index (χ4v) is 2.90. The maximum absolute atomic E-state index is 11.4. The number of hydrogen-bond acceptors (Lipinski definition) is 6. The number of rotatable bonds is 2. The van der Waals surface area contributed by atoms with Gasteiger partial charge in [0.1, 0.15) is 5.82 Å². The molecule has 154 valence electrons. The number of carboxylic acids is 1. The maximum Gasteiger partial charge on any atom is 0.490 e. The molecule has 0 aliphatic carbocycles. The zero-order valence-corrected chi connectivity index (χ0v) is 15.0. The lowest BCUT2D eigenvalue weighted by atomic mass is 10.1. The molecule has 29 heavy (non-hydrogen) atoms. The first kappa shape index (κ1) is 20.5. The Bertz CT molecular complexity index is 897. The van der Waals surface area contributed by atoms with E-state index in [9.17, 15) is 18.0 Å². The van der Waals surface area contributed by atoms with Gasteiger partial charge in [-0.15, -0.1) is 0 Å². The summed E-state index contributed by atoms with van der Waals surface area (Å²) < 4.78 is 37.3. The lowest BCUT2D eigenvalue weighted by Crippen LogP contribution is -2.25. The highest BCUT2D eigenvalue weighted by Crippen LogP contribution is 2.38. The van der Waals surface area contributed by atoms with E-state index >= 15 is 0 Å². The van der Waals surface area contributed by atoms with Crippen molar-refractivity contribution in [1.29, 1.82) is 0 Å². The number of nitrogens with one attached hydrogen (secondary N) is 2. The van der Waals surface area contributed by atoms with Gasteiger partial charge >= 0.3 is 12.1 Å². The summed E-state index contributed by atoms with van der Waals surface area (Å²) in [6.45, 7) is 1.06. The van der Waals surface area contributed by atoms with Gasteiger partial charge < -0.3 is 20.5 Å². The van der Waals surface area contributed by atoms with Crippen molar-refractivity contribution < 1.29 is 32.6 Å². The number of ether oxygens (including phenoxy) is 1. The third kappa shape index (κ3) is 4.99. The van der Waals surface area contributed by atoms with Crippen molar-refractivity contribution in [2.75, 3.05) is 18.5 Å². The van der Waals surface area contributed by atoms with E-state index in [1.165, 1.54) is 0 Å². The summed E-state index contributed by atoms with van der Waals surface area (Å²) in [4.78, 5) is 29.3. The number of fused-ring (bicyclic) bond motifs is 1. The number of carboxylic acid groups (broad SMARTS) is 1. The molecule has 3 N–H and O–H groups in total. The van der Waals surface area contributed by atoms with Crippen molar-refractivity contribution in [3.05, 3.63) is 36.4 Å². The van der Waals surface area contributed by atoms with E-state index in [-0.39, 0.29) is 18.6 Å². The Balaban J connectivity index is 0.000000298. The zero-order chi connectivity index (χ0) is 21.0. The molecule has 3 heterocycles. The monoisotopic (exact) mass is 410 g/mol. The zero-order valence-electron chi connectivity index (χ0n) is 15.0. The molecule has 1 amide bonds. The van der Waals surface area contributed by atoms with E-state index in [4.69, 9.17) is 14.6 Å². The molecular formula is C18H17F3N4O4. The summed E-state index contributed by atoms with van der Waals surface area (Å²) in [5, 5.41) is 13.3. The summed E-state index contributed by atoms with van der Waals surface area (Å²) in [5.41, 5.74) is 2.47. The quantitative estimate of drug-likeness (QED) is 0.697. The maximum atomic E-state index is 11.4. The molecule has 8 nitrogen and oxygen atoms in total. The summed E-state index contributed by atoms with van der Waals surface area (Å²) in [6, 6.07) is 5.92. The van der Waals surface area contributed by atoms with Gasteiger partial charge in [0, 0.05) is 23.5 Å². The third-order valence-electron chi connectivity index (χ3n) is 4.23. The average molecular weight is 410 g/mol. The van der Waals surface area contributed by atoms with Gasteiger partial charge in [0.05, 0.1) is 11.7 Å². The summed E-state index contributed by atoms with van der Waals surface area (Å²) in [6.07, 6.45) is 0.792. The van der Waals surface area contributed by atoms with Crippen LogP contribution in [-0.2, 0) is 9.59 Å². The van der Waals surface area contributed by atoms with Crippen molar-refractivity contribution in [1.82, 2.24) is 15.3 Å². The number of anilines is 1. The van der Waals surface area contributed by atoms with Crippen LogP contribution >= 0.6 is 0 Å². The molecule has 1 aromatic heterocycles. The predicted octanol–water partition coefficient (Wildman–Crippen LogP) is 2.53. The Morgan fingerprint density at radius 3 is 2.52 bits per heavy atom. The lowest BCUT2D eigenvalue weighted by Gasteiger charge is -2.20. The largest absolute Gasteiger partial charge is 0.490 e. The summed E-state index contributed by atoms with van der Waals surface area (Å²) >= 11 is 0. The van der Waals surface area contributed by atoms with Gasteiger partial charge in [0.25, 0.3) is 5.91 Å². The predicted molar refractivity (Wildman–Crippen MR) is 95.3 cm³/mol. The lowest BCUT2D eigenvalue weighted by molar-refractivity contribution is -0.192. The molecule has 2 aliphatic heterocycles. The van der Waals surface area contributed by atoms with Crippen LogP contribution in [0.25, 0.3) is 11.1 Å². The molecule has 2 aliphatic rings. The number of nitrogens with zero attached hydrogens (tertiary/aromatic N) is 2. The molecule has 0 saturated carbocycles. The topological polar surface area (TPSA) is 113 Å². The molecule has 1 unspecified atom stereocenters. The van der Waals surface area contributed by atoms with E-state index in [0.29, 0.717) is 11.4 Å². The average Bonchev–Trinajstić information content (AvgIpc) is 3.22. The Kier molecular flexibility index (Phi) is 5.97. The fourth-order valence-electron chi connectivity index (χ4n) is 2.90. The molecule has 1 atom stereocenters. The molecule has 0 spiro atoms. The van der Waals surface area contributed by atoms with Crippen LogP contribution in [0.3, 0.4) is 0 Å². The number of para-hydroxylation sites is 1. The fraction of sp³-hybridized carbons (Fsp3) is 0.333. The third-order valence-corrected chi connectivity index (χ3v) is 4.23.